The van der Waals surface area contributed by atoms with Crippen LogP contribution in [0.25, 0.3) is 0 Å². The lowest BCUT2D eigenvalue weighted by Gasteiger charge is -2.41. The number of hydrogen-bond acceptors (Lipinski definition) is 3. The molecular weight excluding hydrogens is 290 g/mol. The summed E-state index contributed by atoms with van der Waals surface area (Å²) in [6.45, 7) is 5.96. The molecule has 0 N–H and O–H groups in total. The molecule has 5 nitrogen and oxygen atoms in total. The molecule has 1 aromatic rings. The van der Waals surface area contributed by atoms with E-state index in [9.17, 15) is 9.59 Å². The lowest BCUT2D eigenvalue weighted by molar-refractivity contribution is -0.135. The van der Waals surface area contributed by atoms with Gasteiger partial charge in [0.05, 0.1) is 12.6 Å². The number of benzene rings is 1. The summed E-state index contributed by atoms with van der Waals surface area (Å²) in [4.78, 5) is 30.3. The van der Waals surface area contributed by atoms with Gasteiger partial charge in [-0.2, -0.15) is 0 Å². The minimum atomic E-state index is 0.0976. The van der Waals surface area contributed by atoms with Crippen LogP contribution in [0.15, 0.2) is 30.3 Å². The second-order valence-electron chi connectivity index (χ2n) is 6.45. The molecule has 5 heteroatoms. The Hall–Kier alpha value is -1.88. The highest BCUT2D eigenvalue weighted by atomic mass is 16.2. The Morgan fingerprint density at radius 3 is 2.35 bits per heavy atom. The predicted octanol–water partition coefficient (Wildman–Crippen LogP) is 1.51. The van der Waals surface area contributed by atoms with Crippen molar-refractivity contribution in [2.75, 3.05) is 39.3 Å². The molecule has 1 atom stereocenters. The summed E-state index contributed by atoms with van der Waals surface area (Å²) in [5.41, 5.74) is 1.17. The topological polar surface area (TPSA) is 43.9 Å². The van der Waals surface area contributed by atoms with Crippen LogP contribution < -0.4 is 0 Å². The van der Waals surface area contributed by atoms with Gasteiger partial charge < -0.3 is 9.80 Å². The lowest BCUT2D eigenvalue weighted by atomic mass is 10.0. The molecule has 0 radical (unpaired) electrons. The second kappa shape index (κ2) is 7.13. The van der Waals surface area contributed by atoms with Gasteiger partial charge in [0.1, 0.15) is 0 Å². The average molecular weight is 315 g/mol. The van der Waals surface area contributed by atoms with E-state index >= 15 is 0 Å². The fourth-order valence-corrected chi connectivity index (χ4v) is 3.53. The van der Waals surface area contributed by atoms with Crippen LogP contribution in [0.4, 0.5) is 0 Å². The van der Waals surface area contributed by atoms with Crippen molar-refractivity contribution in [1.82, 2.24) is 14.7 Å². The van der Waals surface area contributed by atoms with Gasteiger partial charge in [-0.25, -0.2) is 0 Å². The van der Waals surface area contributed by atoms with Crippen molar-refractivity contribution in [2.24, 2.45) is 0 Å². The molecule has 0 aliphatic carbocycles. The summed E-state index contributed by atoms with van der Waals surface area (Å²) in [6, 6.07) is 10.3. The van der Waals surface area contributed by atoms with Crippen molar-refractivity contribution >= 4 is 11.8 Å². The smallest absolute Gasteiger partial charge is 0.236 e. The van der Waals surface area contributed by atoms with Crippen LogP contribution in [0.3, 0.4) is 0 Å². The Balaban J connectivity index is 1.74. The molecule has 0 saturated carbocycles. The largest absolute Gasteiger partial charge is 0.342 e. The predicted molar refractivity (Wildman–Crippen MR) is 88.8 cm³/mol. The Labute approximate surface area is 137 Å². The summed E-state index contributed by atoms with van der Waals surface area (Å²) < 4.78 is 0. The molecule has 2 aliphatic heterocycles. The monoisotopic (exact) mass is 315 g/mol. The van der Waals surface area contributed by atoms with Crippen LogP contribution in [0.1, 0.15) is 31.4 Å². The van der Waals surface area contributed by atoms with Crippen LogP contribution in [0.5, 0.6) is 0 Å². The fraction of sp³-hybridized carbons (Fsp3) is 0.556. The van der Waals surface area contributed by atoms with Crippen LogP contribution >= 0.6 is 0 Å². The van der Waals surface area contributed by atoms with Gasteiger partial charge in [0.25, 0.3) is 0 Å². The molecule has 2 fully saturated rings. The Kier molecular flexibility index (Phi) is 4.96. The first-order valence-corrected chi connectivity index (χ1v) is 8.47. The van der Waals surface area contributed by atoms with Gasteiger partial charge in [-0.3, -0.25) is 14.5 Å². The summed E-state index contributed by atoms with van der Waals surface area (Å²) in [7, 11) is 0. The first kappa shape index (κ1) is 16.0. The molecule has 0 bridgehead atoms. The number of carbonyl (C=O) groups excluding carboxylic acids is 2. The highest BCUT2D eigenvalue weighted by Crippen LogP contribution is 2.25. The van der Waals surface area contributed by atoms with E-state index in [-0.39, 0.29) is 17.9 Å². The van der Waals surface area contributed by atoms with E-state index in [0.717, 1.165) is 32.5 Å². The van der Waals surface area contributed by atoms with Gasteiger partial charge in [0.2, 0.25) is 11.8 Å². The van der Waals surface area contributed by atoms with E-state index < -0.39 is 0 Å². The van der Waals surface area contributed by atoms with E-state index in [1.165, 1.54) is 5.56 Å². The first-order chi connectivity index (χ1) is 11.1. The number of rotatable bonds is 3. The van der Waals surface area contributed by atoms with E-state index in [1.54, 1.807) is 6.92 Å². The molecule has 0 aromatic heterocycles. The number of likely N-dealkylation sites (tertiary alicyclic amines) is 1. The second-order valence-corrected chi connectivity index (χ2v) is 6.45. The zero-order chi connectivity index (χ0) is 16.2. The third-order valence-corrected chi connectivity index (χ3v) is 4.92. The van der Waals surface area contributed by atoms with Crippen LogP contribution in [0, 0.1) is 0 Å². The van der Waals surface area contributed by atoms with E-state index in [1.807, 2.05) is 28.0 Å². The maximum Gasteiger partial charge on any atom is 0.236 e. The van der Waals surface area contributed by atoms with Crippen LogP contribution in [-0.2, 0) is 9.59 Å². The number of piperazine rings is 1. The number of hydrogen-bond donors (Lipinski definition) is 0. The minimum absolute atomic E-state index is 0.0976. The van der Waals surface area contributed by atoms with Gasteiger partial charge in [-0.05, 0) is 18.4 Å². The molecule has 3 rings (SSSR count). The summed E-state index contributed by atoms with van der Waals surface area (Å²) in [5.74, 6) is 0.330. The molecule has 1 unspecified atom stereocenters. The maximum atomic E-state index is 12.5. The Morgan fingerprint density at radius 2 is 1.70 bits per heavy atom. The third kappa shape index (κ3) is 3.72. The summed E-state index contributed by atoms with van der Waals surface area (Å²) in [5, 5.41) is 0. The molecule has 124 valence electrons. The van der Waals surface area contributed by atoms with Crippen molar-refractivity contribution in [1.29, 1.82) is 0 Å². The van der Waals surface area contributed by atoms with Gasteiger partial charge in [-0.15, -0.1) is 0 Å². The van der Waals surface area contributed by atoms with Crippen molar-refractivity contribution in [3.05, 3.63) is 35.9 Å². The molecule has 2 amide bonds. The van der Waals surface area contributed by atoms with E-state index in [2.05, 4.69) is 17.0 Å². The third-order valence-electron chi connectivity index (χ3n) is 4.92. The summed E-state index contributed by atoms with van der Waals surface area (Å²) in [6.07, 6.45) is 2.23. The number of carbonyl (C=O) groups is 2. The highest BCUT2D eigenvalue weighted by Gasteiger charge is 2.31. The molecule has 2 saturated heterocycles. The highest BCUT2D eigenvalue weighted by molar-refractivity contribution is 5.78. The number of amides is 2. The Morgan fingerprint density at radius 1 is 1.00 bits per heavy atom. The van der Waals surface area contributed by atoms with Gasteiger partial charge >= 0.3 is 0 Å². The van der Waals surface area contributed by atoms with Crippen molar-refractivity contribution < 1.29 is 9.59 Å². The van der Waals surface area contributed by atoms with Gasteiger partial charge in [-0.1, -0.05) is 30.3 Å². The van der Waals surface area contributed by atoms with E-state index in [4.69, 9.17) is 0 Å². The molecule has 0 spiro atoms. The zero-order valence-corrected chi connectivity index (χ0v) is 13.8. The molecule has 1 aromatic carbocycles. The number of nitrogens with zero attached hydrogens (tertiary/aromatic N) is 3. The zero-order valence-electron chi connectivity index (χ0n) is 13.8. The minimum Gasteiger partial charge on any atom is -0.342 e. The van der Waals surface area contributed by atoms with Crippen LogP contribution in [-0.4, -0.2) is 65.8 Å². The molecule has 2 heterocycles. The van der Waals surface area contributed by atoms with Crippen molar-refractivity contribution in [3.63, 3.8) is 0 Å². The Bertz CT molecular complexity index is 555. The average Bonchev–Trinajstić information content (AvgIpc) is 3.10. The van der Waals surface area contributed by atoms with Crippen molar-refractivity contribution in [2.45, 2.75) is 25.8 Å². The molecule has 23 heavy (non-hydrogen) atoms. The standard InChI is InChI=1S/C18H25N3O2/c1-15(22)20-11-12-21(14-18(23)19-9-5-6-10-19)17(13-20)16-7-3-2-4-8-16/h2-4,7-8,17H,5-6,9-14H2,1H3. The summed E-state index contributed by atoms with van der Waals surface area (Å²) >= 11 is 0. The first-order valence-electron chi connectivity index (χ1n) is 8.47. The maximum absolute atomic E-state index is 12.5. The van der Waals surface area contributed by atoms with Gasteiger partial charge in [0.15, 0.2) is 0 Å². The lowest BCUT2D eigenvalue weighted by Crippen LogP contribution is -2.52. The van der Waals surface area contributed by atoms with Crippen molar-refractivity contribution in [3.8, 4) is 0 Å². The quantitative estimate of drug-likeness (QED) is 0.849. The molecular formula is C18H25N3O2. The molecule has 2 aliphatic rings. The van der Waals surface area contributed by atoms with Crippen LogP contribution in [0.2, 0.25) is 0 Å². The normalized spacial score (nSPS) is 22.4. The van der Waals surface area contributed by atoms with E-state index in [0.29, 0.717) is 19.6 Å². The fourth-order valence-electron chi connectivity index (χ4n) is 3.53. The van der Waals surface area contributed by atoms with Gasteiger partial charge in [0, 0.05) is 39.6 Å². The SMILES string of the molecule is CC(=O)N1CCN(CC(=O)N2CCCC2)C(c2ccccc2)C1.